The molecule has 3 heteroatoms. The summed E-state index contributed by atoms with van der Waals surface area (Å²) in [6.45, 7) is 19.8. The van der Waals surface area contributed by atoms with Gasteiger partial charge in [0.15, 0.2) is 0 Å². The fraction of sp³-hybridized carbons (Fsp3) is 1.00. The quantitative estimate of drug-likeness (QED) is 0.803. The van der Waals surface area contributed by atoms with Crippen LogP contribution in [0.15, 0.2) is 0 Å². The first-order valence-electron chi connectivity index (χ1n) is 7.85. The Morgan fingerprint density at radius 2 is 1.63 bits per heavy atom. The molecule has 2 unspecified atom stereocenters. The molecule has 0 aromatic heterocycles. The Morgan fingerprint density at radius 3 is 2.05 bits per heavy atom. The maximum absolute atomic E-state index is 6.16. The Bertz CT molecular complexity index is 260. The molecule has 0 aromatic carbocycles. The molecule has 2 atom stereocenters. The molecule has 1 heterocycles. The molecule has 1 rings (SSSR count). The van der Waals surface area contributed by atoms with Crippen molar-refractivity contribution in [3.05, 3.63) is 0 Å². The van der Waals surface area contributed by atoms with Gasteiger partial charge in [-0.05, 0) is 40.2 Å². The predicted octanol–water partition coefficient (Wildman–Crippen LogP) is 2.90. The number of hydrogen-bond acceptors (Lipinski definition) is 3. The normalized spacial score (nSPS) is 26.1. The van der Waals surface area contributed by atoms with Crippen LogP contribution < -0.4 is 5.32 Å². The minimum absolute atomic E-state index is 0.0477. The van der Waals surface area contributed by atoms with Crippen LogP contribution in [0.3, 0.4) is 0 Å². The van der Waals surface area contributed by atoms with E-state index in [1.807, 2.05) is 0 Å². The molecule has 3 nitrogen and oxygen atoms in total. The van der Waals surface area contributed by atoms with Crippen molar-refractivity contribution in [3.8, 4) is 0 Å². The number of morpholine rings is 1. The van der Waals surface area contributed by atoms with Crippen LogP contribution in [0.4, 0.5) is 0 Å². The van der Waals surface area contributed by atoms with Crippen molar-refractivity contribution >= 4 is 0 Å². The Hall–Kier alpha value is -0.120. The van der Waals surface area contributed by atoms with E-state index >= 15 is 0 Å². The summed E-state index contributed by atoms with van der Waals surface area (Å²) >= 11 is 0. The molecule has 0 aliphatic carbocycles. The molecule has 0 aromatic rings. The van der Waals surface area contributed by atoms with Gasteiger partial charge in [0.2, 0.25) is 0 Å². The standard InChI is InChI=1S/C16H34N2O/c1-8-13(3)14(17-9-2)10-18-11-15(4,5)19-16(6,7)12-18/h13-14,17H,8-12H2,1-7H3. The fourth-order valence-electron chi connectivity index (χ4n) is 3.35. The Kier molecular flexibility index (Phi) is 5.84. The number of nitrogens with zero attached hydrogens (tertiary/aromatic N) is 1. The maximum atomic E-state index is 6.16. The third-order valence-corrected chi connectivity index (χ3v) is 4.01. The average Bonchev–Trinajstić information content (AvgIpc) is 2.23. The van der Waals surface area contributed by atoms with E-state index < -0.39 is 0 Å². The second-order valence-corrected chi connectivity index (χ2v) is 7.34. The molecule has 0 bridgehead atoms. The molecule has 19 heavy (non-hydrogen) atoms. The third-order valence-electron chi connectivity index (χ3n) is 4.01. The van der Waals surface area contributed by atoms with Gasteiger partial charge in [-0.25, -0.2) is 0 Å². The number of likely N-dealkylation sites (N-methyl/N-ethyl adjacent to an activating group) is 1. The molecule has 0 spiro atoms. The lowest BCUT2D eigenvalue weighted by atomic mass is 9.95. The van der Waals surface area contributed by atoms with E-state index in [1.54, 1.807) is 0 Å². The Balaban J connectivity index is 2.67. The lowest BCUT2D eigenvalue weighted by molar-refractivity contribution is -0.181. The zero-order valence-corrected chi connectivity index (χ0v) is 14.0. The number of rotatable bonds is 6. The molecule has 1 fully saturated rings. The van der Waals surface area contributed by atoms with Crippen molar-refractivity contribution < 1.29 is 4.74 Å². The lowest BCUT2D eigenvalue weighted by Crippen LogP contribution is -2.59. The van der Waals surface area contributed by atoms with Crippen molar-refractivity contribution in [3.63, 3.8) is 0 Å². The van der Waals surface area contributed by atoms with Crippen LogP contribution in [0.2, 0.25) is 0 Å². The van der Waals surface area contributed by atoms with Gasteiger partial charge in [0, 0.05) is 25.7 Å². The van der Waals surface area contributed by atoms with Gasteiger partial charge in [-0.3, -0.25) is 4.90 Å². The molecule has 1 saturated heterocycles. The van der Waals surface area contributed by atoms with Gasteiger partial charge in [-0.2, -0.15) is 0 Å². The first-order chi connectivity index (χ1) is 8.69. The summed E-state index contributed by atoms with van der Waals surface area (Å²) in [7, 11) is 0. The highest BCUT2D eigenvalue weighted by molar-refractivity contribution is 4.91. The van der Waals surface area contributed by atoms with Gasteiger partial charge in [0.25, 0.3) is 0 Å². The summed E-state index contributed by atoms with van der Waals surface area (Å²) in [5.41, 5.74) is -0.0953. The molecular formula is C16H34N2O. The Labute approximate surface area is 120 Å². The van der Waals surface area contributed by atoms with E-state index in [9.17, 15) is 0 Å². The van der Waals surface area contributed by atoms with Crippen LogP contribution in [0.25, 0.3) is 0 Å². The molecule has 0 radical (unpaired) electrons. The van der Waals surface area contributed by atoms with Crippen molar-refractivity contribution in [1.29, 1.82) is 0 Å². The zero-order valence-electron chi connectivity index (χ0n) is 14.0. The van der Waals surface area contributed by atoms with Crippen LogP contribution in [0, 0.1) is 5.92 Å². The SMILES string of the molecule is CCNC(CN1CC(C)(C)OC(C)(C)C1)C(C)CC. The molecule has 114 valence electrons. The van der Waals surface area contributed by atoms with E-state index in [2.05, 4.69) is 58.7 Å². The minimum atomic E-state index is -0.0477. The predicted molar refractivity (Wildman–Crippen MR) is 82.6 cm³/mol. The zero-order chi connectivity index (χ0) is 14.7. The maximum Gasteiger partial charge on any atom is 0.0760 e. The van der Waals surface area contributed by atoms with Crippen LogP contribution >= 0.6 is 0 Å². The van der Waals surface area contributed by atoms with E-state index in [4.69, 9.17) is 4.74 Å². The van der Waals surface area contributed by atoms with Gasteiger partial charge >= 0.3 is 0 Å². The van der Waals surface area contributed by atoms with Crippen molar-refractivity contribution in [2.24, 2.45) is 5.92 Å². The highest BCUT2D eigenvalue weighted by Crippen LogP contribution is 2.28. The smallest absolute Gasteiger partial charge is 0.0760 e. The van der Waals surface area contributed by atoms with E-state index in [0.29, 0.717) is 12.0 Å². The molecule has 1 aliphatic heterocycles. The minimum Gasteiger partial charge on any atom is -0.367 e. The van der Waals surface area contributed by atoms with E-state index in [-0.39, 0.29) is 11.2 Å². The van der Waals surface area contributed by atoms with Crippen LogP contribution in [-0.4, -0.2) is 48.3 Å². The van der Waals surface area contributed by atoms with Crippen LogP contribution in [-0.2, 0) is 4.74 Å². The van der Waals surface area contributed by atoms with E-state index in [0.717, 1.165) is 26.2 Å². The first-order valence-corrected chi connectivity index (χ1v) is 7.85. The van der Waals surface area contributed by atoms with Crippen molar-refractivity contribution in [1.82, 2.24) is 10.2 Å². The topological polar surface area (TPSA) is 24.5 Å². The van der Waals surface area contributed by atoms with Crippen LogP contribution in [0.5, 0.6) is 0 Å². The molecule has 1 N–H and O–H groups in total. The van der Waals surface area contributed by atoms with Gasteiger partial charge in [0.1, 0.15) is 0 Å². The van der Waals surface area contributed by atoms with Gasteiger partial charge < -0.3 is 10.1 Å². The van der Waals surface area contributed by atoms with Crippen molar-refractivity contribution in [2.75, 3.05) is 26.2 Å². The van der Waals surface area contributed by atoms with Crippen molar-refractivity contribution in [2.45, 2.75) is 72.1 Å². The summed E-state index contributed by atoms with van der Waals surface area (Å²) in [6.07, 6.45) is 1.23. The monoisotopic (exact) mass is 270 g/mol. The molecule has 0 amide bonds. The first kappa shape index (κ1) is 16.9. The fourth-order valence-corrected chi connectivity index (χ4v) is 3.35. The summed E-state index contributed by atoms with van der Waals surface area (Å²) < 4.78 is 6.16. The summed E-state index contributed by atoms with van der Waals surface area (Å²) in [6, 6.07) is 0.583. The summed E-state index contributed by atoms with van der Waals surface area (Å²) in [4.78, 5) is 2.57. The second-order valence-electron chi connectivity index (χ2n) is 7.34. The molecule has 1 aliphatic rings. The van der Waals surface area contributed by atoms with Crippen LogP contribution in [0.1, 0.15) is 54.9 Å². The Morgan fingerprint density at radius 1 is 1.11 bits per heavy atom. The van der Waals surface area contributed by atoms with E-state index in [1.165, 1.54) is 6.42 Å². The highest BCUT2D eigenvalue weighted by Gasteiger charge is 2.38. The lowest BCUT2D eigenvalue weighted by Gasteiger charge is -2.48. The summed E-state index contributed by atoms with van der Waals surface area (Å²) in [5.74, 6) is 0.717. The number of nitrogens with one attached hydrogen (secondary N) is 1. The third kappa shape index (κ3) is 5.41. The van der Waals surface area contributed by atoms with Gasteiger partial charge in [0.05, 0.1) is 11.2 Å². The second kappa shape index (κ2) is 6.55. The largest absolute Gasteiger partial charge is 0.367 e. The number of ether oxygens (including phenoxy) is 1. The molecule has 0 saturated carbocycles. The number of hydrogen-bond donors (Lipinski definition) is 1. The van der Waals surface area contributed by atoms with Gasteiger partial charge in [-0.1, -0.05) is 27.2 Å². The van der Waals surface area contributed by atoms with Gasteiger partial charge in [-0.15, -0.1) is 0 Å². The molecular weight excluding hydrogens is 236 g/mol. The summed E-state index contributed by atoms with van der Waals surface area (Å²) in [5, 5.41) is 3.65. The average molecular weight is 270 g/mol. The highest BCUT2D eigenvalue weighted by atomic mass is 16.5.